The summed E-state index contributed by atoms with van der Waals surface area (Å²) in [6.07, 6.45) is -0.296. The molecule has 8 heteroatoms. The Labute approximate surface area is 117 Å². The first-order valence-corrected chi connectivity index (χ1v) is 6.38. The third-order valence-corrected chi connectivity index (χ3v) is 2.41. The third-order valence-electron chi connectivity index (χ3n) is 2.41. The normalized spacial score (nSPS) is 11.9. The number of aliphatic hydroxyl groups excluding tert-OH is 1. The van der Waals surface area contributed by atoms with Gasteiger partial charge in [-0.2, -0.15) is 0 Å². The van der Waals surface area contributed by atoms with Crippen LogP contribution in [-0.4, -0.2) is 47.3 Å². The van der Waals surface area contributed by atoms with Gasteiger partial charge in [0.25, 0.3) is 0 Å². The van der Waals surface area contributed by atoms with Gasteiger partial charge in [-0.1, -0.05) is 6.92 Å². The van der Waals surface area contributed by atoms with Crippen LogP contribution in [0, 0.1) is 0 Å². The molecule has 8 nitrogen and oxygen atoms in total. The summed E-state index contributed by atoms with van der Waals surface area (Å²) in [4.78, 5) is 19.3. The second-order valence-electron chi connectivity index (χ2n) is 4.21. The maximum atomic E-state index is 10.8. The number of carbonyl (C=O) groups is 1. The van der Waals surface area contributed by atoms with Crippen LogP contribution < -0.4 is 16.4 Å². The van der Waals surface area contributed by atoms with Crippen molar-refractivity contribution in [3.63, 3.8) is 0 Å². The van der Waals surface area contributed by atoms with Gasteiger partial charge >= 0.3 is 0 Å². The minimum absolute atomic E-state index is 0.00795. The molecule has 0 bridgehead atoms. The minimum Gasteiger partial charge on any atom is -0.381 e. The number of aliphatic hydroxyl groups is 1. The van der Waals surface area contributed by atoms with E-state index < -0.39 is 12.0 Å². The number of hydrogen-bond donors (Lipinski definition) is 4. The van der Waals surface area contributed by atoms with Crippen LogP contribution in [0.15, 0.2) is 6.07 Å². The number of ether oxygens (including phenoxy) is 1. The van der Waals surface area contributed by atoms with E-state index in [-0.39, 0.29) is 13.2 Å². The Kier molecular flexibility index (Phi) is 6.68. The predicted molar refractivity (Wildman–Crippen MR) is 75.2 cm³/mol. The van der Waals surface area contributed by atoms with Gasteiger partial charge in [0.15, 0.2) is 5.82 Å². The Balaban J connectivity index is 2.76. The van der Waals surface area contributed by atoms with Crippen molar-refractivity contribution in [2.75, 3.05) is 30.8 Å². The lowest BCUT2D eigenvalue weighted by Crippen LogP contribution is -2.34. The Bertz CT molecular complexity index is 441. The van der Waals surface area contributed by atoms with Gasteiger partial charge in [0.05, 0.1) is 6.54 Å². The first-order chi connectivity index (χ1) is 9.56. The molecule has 1 atom stereocenters. The van der Waals surface area contributed by atoms with Crippen LogP contribution >= 0.6 is 0 Å². The summed E-state index contributed by atoms with van der Waals surface area (Å²) in [5.74, 6) is 0.869. The lowest BCUT2D eigenvalue weighted by molar-refractivity contribution is -0.125. The molecule has 5 N–H and O–H groups in total. The van der Waals surface area contributed by atoms with Crippen molar-refractivity contribution in [2.24, 2.45) is 5.73 Å². The van der Waals surface area contributed by atoms with Gasteiger partial charge in [0.1, 0.15) is 24.3 Å². The number of nitrogens with zero attached hydrogens (tertiary/aromatic N) is 2. The molecule has 0 aromatic carbocycles. The number of anilines is 2. The molecule has 1 aromatic heterocycles. The van der Waals surface area contributed by atoms with Gasteiger partial charge in [0.2, 0.25) is 5.91 Å². The number of nitrogens with one attached hydrogen (secondary N) is 2. The summed E-state index contributed by atoms with van der Waals surface area (Å²) >= 11 is 0. The van der Waals surface area contributed by atoms with E-state index in [0.29, 0.717) is 17.5 Å². The first-order valence-electron chi connectivity index (χ1n) is 6.38. The zero-order chi connectivity index (χ0) is 15.0. The first kappa shape index (κ1) is 16.1. The molecule has 0 aliphatic rings. The number of carbonyl (C=O) groups excluding carboxylic acids is 1. The van der Waals surface area contributed by atoms with Gasteiger partial charge < -0.3 is 26.2 Å². The average Bonchev–Trinajstić information content (AvgIpc) is 2.42. The van der Waals surface area contributed by atoms with Gasteiger partial charge in [0, 0.05) is 19.7 Å². The Hall–Kier alpha value is -1.93. The van der Waals surface area contributed by atoms with E-state index in [9.17, 15) is 9.90 Å². The van der Waals surface area contributed by atoms with Crippen molar-refractivity contribution in [1.29, 1.82) is 0 Å². The molecule has 1 rings (SSSR count). The van der Waals surface area contributed by atoms with Crippen LogP contribution in [0.2, 0.25) is 0 Å². The molecule has 20 heavy (non-hydrogen) atoms. The summed E-state index contributed by atoms with van der Waals surface area (Å²) in [5.41, 5.74) is 4.98. The van der Waals surface area contributed by atoms with Crippen molar-refractivity contribution in [1.82, 2.24) is 9.97 Å². The highest BCUT2D eigenvalue weighted by Gasteiger charge is 2.11. The second-order valence-corrected chi connectivity index (χ2v) is 4.21. The highest BCUT2D eigenvalue weighted by Crippen LogP contribution is 2.12. The molecular weight excluding hydrogens is 262 g/mol. The largest absolute Gasteiger partial charge is 0.381 e. The molecular formula is C12H21N5O3. The van der Waals surface area contributed by atoms with Crippen molar-refractivity contribution in [3.05, 3.63) is 11.9 Å². The lowest BCUT2D eigenvalue weighted by Gasteiger charge is -2.12. The maximum Gasteiger partial charge on any atom is 0.248 e. The molecule has 0 saturated carbocycles. The fraction of sp³-hybridized carbons (Fsp3) is 0.583. The van der Waals surface area contributed by atoms with Crippen molar-refractivity contribution >= 4 is 17.5 Å². The molecule has 0 radical (unpaired) electrons. The molecule has 1 aromatic rings. The van der Waals surface area contributed by atoms with E-state index in [2.05, 4.69) is 20.6 Å². The van der Waals surface area contributed by atoms with Crippen LogP contribution in [-0.2, 0) is 16.1 Å². The molecule has 0 aliphatic heterocycles. The monoisotopic (exact) mass is 283 g/mol. The topological polar surface area (TPSA) is 122 Å². The lowest BCUT2D eigenvalue weighted by atomic mass is 10.3. The van der Waals surface area contributed by atoms with Crippen molar-refractivity contribution in [3.8, 4) is 0 Å². The molecule has 0 spiro atoms. The number of aromatic nitrogens is 2. The highest BCUT2D eigenvalue weighted by atomic mass is 16.5. The second kappa shape index (κ2) is 8.28. The number of nitrogens with two attached hydrogens (primary N) is 1. The molecule has 1 unspecified atom stereocenters. The van der Waals surface area contributed by atoms with Crippen LogP contribution in [0.3, 0.4) is 0 Å². The zero-order valence-electron chi connectivity index (χ0n) is 11.7. The molecule has 0 fully saturated rings. The number of primary amides is 1. The van der Waals surface area contributed by atoms with Gasteiger partial charge in [-0.25, -0.2) is 9.97 Å². The van der Waals surface area contributed by atoms with E-state index in [1.807, 2.05) is 6.92 Å². The van der Waals surface area contributed by atoms with Gasteiger partial charge in [-0.3, -0.25) is 4.79 Å². The van der Waals surface area contributed by atoms with Crippen molar-refractivity contribution < 1.29 is 14.6 Å². The van der Waals surface area contributed by atoms with E-state index in [4.69, 9.17) is 10.5 Å². The summed E-state index contributed by atoms with van der Waals surface area (Å²) < 4.78 is 5.00. The Morgan fingerprint density at radius 1 is 1.45 bits per heavy atom. The zero-order valence-corrected chi connectivity index (χ0v) is 11.7. The fourth-order valence-electron chi connectivity index (χ4n) is 1.43. The molecule has 1 heterocycles. The smallest absolute Gasteiger partial charge is 0.248 e. The van der Waals surface area contributed by atoms with Crippen LogP contribution in [0.4, 0.5) is 11.6 Å². The Morgan fingerprint density at radius 2 is 2.10 bits per heavy atom. The van der Waals surface area contributed by atoms with E-state index in [1.54, 1.807) is 13.2 Å². The molecule has 1 amide bonds. The van der Waals surface area contributed by atoms with Gasteiger partial charge in [-0.05, 0) is 6.42 Å². The maximum absolute atomic E-state index is 10.8. The molecule has 112 valence electrons. The summed E-state index contributed by atoms with van der Waals surface area (Å²) in [6, 6.07) is 1.70. The SMILES string of the molecule is CCCNc1cc(NCC(O)C(N)=O)nc(COC)n1. The molecule has 0 aliphatic carbocycles. The van der Waals surface area contributed by atoms with E-state index in [0.717, 1.165) is 13.0 Å². The fourth-order valence-corrected chi connectivity index (χ4v) is 1.43. The van der Waals surface area contributed by atoms with Crippen molar-refractivity contribution in [2.45, 2.75) is 26.1 Å². The Morgan fingerprint density at radius 3 is 2.65 bits per heavy atom. The van der Waals surface area contributed by atoms with Crippen LogP contribution in [0.5, 0.6) is 0 Å². The quantitative estimate of drug-likeness (QED) is 0.491. The third kappa shape index (κ3) is 5.37. The summed E-state index contributed by atoms with van der Waals surface area (Å²) in [6.45, 7) is 3.10. The minimum atomic E-state index is -1.26. The summed E-state index contributed by atoms with van der Waals surface area (Å²) in [5, 5.41) is 15.3. The standard InChI is InChI=1S/C12H21N5O3/c1-3-4-14-9-5-10(15-6-8(18)12(13)19)17-11(16-9)7-20-2/h5,8,18H,3-4,6-7H2,1-2H3,(H2,13,19)(H2,14,15,16,17). The number of hydrogen-bond acceptors (Lipinski definition) is 7. The number of amides is 1. The van der Waals surface area contributed by atoms with E-state index in [1.165, 1.54) is 0 Å². The molecule has 0 saturated heterocycles. The van der Waals surface area contributed by atoms with E-state index >= 15 is 0 Å². The number of rotatable bonds is 9. The summed E-state index contributed by atoms with van der Waals surface area (Å²) in [7, 11) is 1.56. The predicted octanol–water partition coefficient (Wildman–Crippen LogP) is -0.297. The highest BCUT2D eigenvalue weighted by molar-refractivity contribution is 5.79. The average molecular weight is 283 g/mol. The number of methoxy groups -OCH3 is 1. The van der Waals surface area contributed by atoms with Gasteiger partial charge in [-0.15, -0.1) is 0 Å². The van der Waals surface area contributed by atoms with Crippen LogP contribution in [0.25, 0.3) is 0 Å². The van der Waals surface area contributed by atoms with Crippen LogP contribution in [0.1, 0.15) is 19.2 Å².